The second-order valence-corrected chi connectivity index (χ2v) is 6.04. The summed E-state index contributed by atoms with van der Waals surface area (Å²) in [5.41, 5.74) is 1.51. The Balaban J connectivity index is 1.98. The van der Waals surface area contributed by atoms with Crippen LogP contribution in [0.4, 0.5) is 5.69 Å². The number of aryl methyl sites for hydroxylation is 1. The molecule has 0 aliphatic rings. The van der Waals surface area contributed by atoms with Gasteiger partial charge in [0.2, 0.25) is 5.91 Å². The average molecular weight is 363 g/mol. The molecule has 6 nitrogen and oxygen atoms in total. The standard InChI is InChI=1S/C18H19ClN2O4/c1-20(12-14-11-15(21(23)24)7-8-17(14)19)18(22)9-6-13-4-3-5-16(10-13)25-2/h3-5,7-8,10-11H,6,9,12H2,1-2H3. The first-order valence-electron chi connectivity index (χ1n) is 7.70. The first-order valence-corrected chi connectivity index (χ1v) is 8.08. The molecule has 0 saturated carbocycles. The third-order valence-corrected chi connectivity index (χ3v) is 4.20. The Hall–Kier alpha value is -2.60. The number of carbonyl (C=O) groups excluding carboxylic acids is 1. The Kier molecular flexibility index (Phi) is 6.36. The normalized spacial score (nSPS) is 10.4. The number of nitrogens with zero attached hydrogens (tertiary/aromatic N) is 2. The van der Waals surface area contributed by atoms with E-state index >= 15 is 0 Å². The minimum absolute atomic E-state index is 0.0448. The van der Waals surface area contributed by atoms with E-state index in [1.165, 1.54) is 23.1 Å². The van der Waals surface area contributed by atoms with Crippen LogP contribution in [0.5, 0.6) is 5.75 Å². The van der Waals surface area contributed by atoms with E-state index in [9.17, 15) is 14.9 Å². The van der Waals surface area contributed by atoms with Gasteiger partial charge >= 0.3 is 0 Å². The van der Waals surface area contributed by atoms with Gasteiger partial charge in [-0.15, -0.1) is 0 Å². The van der Waals surface area contributed by atoms with Crippen molar-refractivity contribution < 1.29 is 14.5 Å². The van der Waals surface area contributed by atoms with Crippen LogP contribution in [-0.2, 0) is 17.8 Å². The molecular formula is C18H19ClN2O4. The average Bonchev–Trinajstić information content (AvgIpc) is 2.61. The van der Waals surface area contributed by atoms with Gasteiger partial charge in [-0.1, -0.05) is 23.7 Å². The highest BCUT2D eigenvalue weighted by atomic mass is 35.5. The van der Waals surface area contributed by atoms with Crippen LogP contribution in [0.25, 0.3) is 0 Å². The fraction of sp³-hybridized carbons (Fsp3) is 0.278. The molecule has 0 aromatic heterocycles. The SMILES string of the molecule is COc1cccc(CCC(=O)N(C)Cc2cc([N+](=O)[O-])ccc2Cl)c1. The van der Waals surface area contributed by atoms with E-state index in [4.69, 9.17) is 16.3 Å². The molecule has 0 aliphatic carbocycles. The number of amides is 1. The number of hydrogen-bond acceptors (Lipinski definition) is 4. The van der Waals surface area contributed by atoms with Crippen molar-refractivity contribution >= 4 is 23.2 Å². The largest absolute Gasteiger partial charge is 0.497 e. The Labute approximate surface area is 151 Å². The van der Waals surface area contributed by atoms with Gasteiger partial charge in [-0.3, -0.25) is 14.9 Å². The molecule has 25 heavy (non-hydrogen) atoms. The summed E-state index contributed by atoms with van der Waals surface area (Å²) in [6, 6.07) is 11.8. The third-order valence-electron chi connectivity index (χ3n) is 3.84. The maximum absolute atomic E-state index is 12.3. The first-order chi connectivity index (χ1) is 11.9. The minimum atomic E-state index is -0.482. The van der Waals surface area contributed by atoms with Gasteiger partial charge in [-0.05, 0) is 35.7 Å². The molecule has 2 aromatic carbocycles. The van der Waals surface area contributed by atoms with E-state index in [-0.39, 0.29) is 18.1 Å². The topological polar surface area (TPSA) is 72.7 Å². The highest BCUT2D eigenvalue weighted by Gasteiger charge is 2.14. The molecular weight excluding hydrogens is 344 g/mol. The van der Waals surface area contributed by atoms with Crippen molar-refractivity contribution in [3.8, 4) is 5.75 Å². The van der Waals surface area contributed by atoms with Crippen LogP contribution in [0.15, 0.2) is 42.5 Å². The van der Waals surface area contributed by atoms with Gasteiger partial charge in [-0.25, -0.2) is 0 Å². The number of non-ortho nitro benzene ring substituents is 1. The lowest BCUT2D eigenvalue weighted by Crippen LogP contribution is -2.26. The molecule has 0 saturated heterocycles. The van der Waals surface area contributed by atoms with Gasteiger partial charge in [0.1, 0.15) is 5.75 Å². The van der Waals surface area contributed by atoms with Crippen molar-refractivity contribution in [2.45, 2.75) is 19.4 Å². The molecule has 132 valence electrons. The van der Waals surface area contributed by atoms with Gasteiger partial charge < -0.3 is 9.64 Å². The van der Waals surface area contributed by atoms with E-state index in [2.05, 4.69) is 0 Å². The summed E-state index contributed by atoms with van der Waals surface area (Å²) < 4.78 is 5.17. The molecule has 0 bridgehead atoms. The molecule has 0 unspecified atom stereocenters. The van der Waals surface area contributed by atoms with Crippen molar-refractivity contribution in [3.63, 3.8) is 0 Å². The lowest BCUT2D eigenvalue weighted by atomic mass is 10.1. The predicted octanol–water partition coefficient (Wildman–Crippen LogP) is 3.85. The van der Waals surface area contributed by atoms with Crippen LogP contribution in [0, 0.1) is 10.1 Å². The van der Waals surface area contributed by atoms with Crippen LogP contribution in [0.1, 0.15) is 17.5 Å². The van der Waals surface area contributed by atoms with Crippen LogP contribution in [0.2, 0.25) is 5.02 Å². The van der Waals surface area contributed by atoms with E-state index in [1.54, 1.807) is 14.2 Å². The summed E-state index contributed by atoms with van der Waals surface area (Å²) in [6.45, 7) is 0.220. The number of nitro groups is 1. The van der Waals surface area contributed by atoms with E-state index in [0.29, 0.717) is 23.4 Å². The number of hydrogen-bond donors (Lipinski definition) is 0. The van der Waals surface area contributed by atoms with Gasteiger partial charge in [-0.2, -0.15) is 0 Å². The second kappa shape index (κ2) is 8.48. The van der Waals surface area contributed by atoms with Crippen LogP contribution < -0.4 is 4.74 Å². The molecule has 2 rings (SSSR count). The lowest BCUT2D eigenvalue weighted by molar-refractivity contribution is -0.384. The number of halogens is 1. The van der Waals surface area contributed by atoms with Crippen molar-refractivity contribution in [1.82, 2.24) is 4.90 Å². The maximum atomic E-state index is 12.3. The van der Waals surface area contributed by atoms with Crippen LogP contribution in [-0.4, -0.2) is 29.9 Å². The molecule has 0 spiro atoms. The van der Waals surface area contributed by atoms with Crippen LogP contribution in [0.3, 0.4) is 0 Å². The Morgan fingerprint density at radius 3 is 2.72 bits per heavy atom. The molecule has 2 aromatic rings. The molecule has 0 fully saturated rings. The zero-order valence-electron chi connectivity index (χ0n) is 14.1. The van der Waals surface area contributed by atoms with Crippen molar-refractivity contribution in [2.75, 3.05) is 14.2 Å². The molecule has 0 radical (unpaired) electrons. The highest BCUT2D eigenvalue weighted by molar-refractivity contribution is 6.31. The number of methoxy groups -OCH3 is 1. The van der Waals surface area contributed by atoms with Gasteiger partial charge in [0.25, 0.3) is 5.69 Å². The molecule has 0 aliphatic heterocycles. The maximum Gasteiger partial charge on any atom is 0.269 e. The van der Waals surface area contributed by atoms with Gasteiger partial charge in [0.05, 0.1) is 12.0 Å². The van der Waals surface area contributed by atoms with Crippen molar-refractivity contribution in [3.05, 3.63) is 68.7 Å². The summed E-state index contributed by atoms with van der Waals surface area (Å²) in [4.78, 5) is 24.2. The fourth-order valence-corrected chi connectivity index (χ4v) is 2.59. The lowest BCUT2D eigenvalue weighted by Gasteiger charge is -2.18. The predicted molar refractivity (Wildman–Crippen MR) is 95.9 cm³/mol. The summed E-state index contributed by atoms with van der Waals surface area (Å²) in [7, 11) is 3.25. The van der Waals surface area contributed by atoms with Gasteiger partial charge in [0.15, 0.2) is 0 Å². The third kappa shape index (κ3) is 5.19. The summed E-state index contributed by atoms with van der Waals surface area (Å²) >= 11 is 6.08. The number of ether oxygens (including phenoxy) is 1. The van der Waals surface area contributed by atoms with E-state index in [1.807, 2.05) is 24.3 Å². The zero-order valence-corrected chi connectivity index (χ0v) is 14.8. The summed E-state index contributed by atoms with van der Waals surface area (Å²) in [6.07, 6.45) is 0.916. The quantitative estimate of drug-likeness (QED) is 0.554. The van der Waals surface area contributed by atoms with Crippen molar-refractivity contribution in [2.24, 2.45) is 0 Å². The number of rotatable bonds is 7. The molecule has 0 atom stereocenters. The smallest absolute Gasteiger partial charge is 0.269 e. The highest BCUT2D eigenvalue weighted by Crippen LogP contribution is 2.23. The number of carbonyl (C=O) groups is 1. The Morgan fingerprint density at radius 2 is 2.04 bits per heavy atom. The van der Waals surface area contributed by atoms with Crippen LogP contribution >= 0.6 is 11.6 Å². The molecule has 7 heteroatoms. The second-order valence-electron chi connectivity index (χ2n) is 5.63. The molecule has 0 heterocycles. The Morgan fingerprint density at radius 1 is 1.28 bits per heavy atom. The number of benzene rings is 2. The monoisotopic (exact) mass is 362 g/mol. The number of nitro benzene ring substituents is 1. The van der Waals surface area contributed by atoms with Crippen molar-refractivity contribution in [1.29, 1.82) is 0 Å². The summed E-state index contributed by atoms with van der Waals surface area (Å²) in [5, 5.41) is 11.3. The first kappa shape index (κ1) is 18.7. The molecule has 1 amide bonds. The Bertz CT molecular complexity index is 779. The summed E-state index contributed by atoms with van der Waals surface area (Å²) in [5.74, 6) is 0.687. The minimum Gasteiger partial charge on any atom is -0.497 e. The fourth-order valence-electron chi connectivity index (χ4n) is 2.41. The van der Waals surface area contributed by atoms with E-state index in [0.717, 1.165) is 11.3 Å². The zero-order chi connectivity index (χ0) is 18.4. The van der Waals surface area contributed by atoms with E-state index < -0.39 is 4.92 Å². The van der Waals surface area contributed by atoms with Gasteiger partial charge in [0, 0.05) is 37.2 Å². The molecule has 0 N–H and O–H groups in total.